The van der Waals surface area contributed by atoms with Gasteiger partial charge >= 0.3 is 0 Å². The number of aliphatic hydroxyl groups is 1. The fourth-order valence-electron chi connectivity index (χ4n) is 2.03. The molecule has 2 rings (SSSR count). The maximum atomic E-state index is 13.6. The second-order valence-corrected chi connectivity index (χ2v) is 5.62. The average Bonchev–Trinajstić information content (AvgIpc) is 2.18. The highest BCUT2D eigenvalue weighted by atomic mass is 127. The Hall–Kier alpha value is 0.0900. The van der Waals surface area contributed by atoms with Crippen molar-refractivity contribution in [1.29, 1.82) is 0 Å². The Morgan fingerprint density at radius 1 is 1.41 bits per heavy atom. The second kappa shape index (κ2) is 6.31. The van der Waals surface area contributed by atoms with Gasteiger partial charge in [0.05, 0.1) is 12.1 Å². The summed E-state index contributed by atoms with van der Waals surface area (Å²) in [5.41, 5.74) is 6.35. The molecule has 2 nitrogen and oxygen atoms in total. The maximum absolute atomic E-state index is 13.6. The average molecular weight is 372 g/mol. The van der Waals surface area contributed by atoms with E-state index in [1.54, 1.807) is 12.1 Å². The zero-order valence-corrected chi connectivity index (χ0v) is 12.2. The molecule has 0 aliphatic heterocycles. The molecule has 0 radical (unpaired) electrons. The monoisotopic (exact) mass is 371 g/mol. The molecule has 96 valence electrons. The SMILES string of the molecule is Cl.N[C@H](c1cc(I)ccc1F)[C@@H](O)C1CCC1. The van der Waals surface area contributed by atoms with E-state index in [2.05, 4.69) is 22.6 Å². The van der Waals surface area contributed by atoms with Crippen LogP contribution in [0.25, 0.3) is 0 Å². The van der Waals surface area contributed by atoms with Gasteiger partial charge < -0.3 is 10.8 Å². The van der Waals surface area contributed by atoms with Crippen LogP contribution in [0.15, 0.2) is 18.2 Å². The summed E-state index contributed by atoms with van der Waals surface area (Å²) in [6.45, 7) is 0. The van der Waals surface area contributed by atoms with Gasteiger partial charge in [-0.1, -0.05) is 6.42 Å². The van der Waals surface area contributed by atoms with Gasteiger partial charge in [0, 0.05) is 9.13 Å². The minimum atomic E-state index is -0.624. The van der Waals surface area contributed by atoms with E-state index in [1.165, 1.54) is 6.07 Å². The van der Waals surface area contributed by atoms with Gasteiger partial charge in [0.25, 0.3) is 0 Å². The number of rotatable bonds is 3. The molecule has 0 amide bonds. The first-order valence-corrected chi connectivity index (χ1v) is 6.56. The van der Waals surface area contributed by atoms with Crippen molar-refractivity contribution in [3.05, 3.63) is 33.1 Å². The van der Waals surface area contributed by atoms with E-state index in [0.29, 0.717) is 5.56 Å². The Balaban J connectivity index is 0.00000144. The third kappa shape index (κ3) is 3.30. The van der Waals surface area contributed by atoms with Gasteiger partial charge in [0.15, 0.2) is 0 Å². The summed E-state index contributed by atoms with van der Waals surface area (Å²) in [6.07, 6.45) is 2.52. The molecule has 1 aliphatic rings. The van der Waals surface area contributed by atoms with Crippen molar-refractivity contribution >= 4 is 35.0 Å². The van der Waals surface area contributed by atoms with Gasteiger partial charge in [-0.3, -0.25) is 0 Å². The molecule has 3 N–H and O–H groups in total. The minimum Gasteiger partial charge on any atom is -0.391 e. The minimum absolute atomic E-state index is 0. The molecule has 17 heavy (non-hydrogen) atoms. The first kappa shape index (κ1) is 15.1. The Bertz CT molecular complexity index is 387. The summed E-state index contributed by atoms with van der Waals surface area (Å²) in [5, 5.41) is 10.0. The van der Waals surface area contributed by atoms with Gasteiger partial charge in [0.1, 0.15) is 5.82 Å². The number of aliphatic hydroxyl groups excluding tert-OH is 1. The lowest BCUT2D eigenvalue weighted by Crippen LogP contribution is -2.36. The van der Waals surface area contributed by atoms with E-state index in [1.807, 2.05) is 0 Å². The standard InChI is InChI=1S/C12H15FINO.ClH/c13-10-5-4-8(14)6-9(10)11(15)12(16)7-2-1-3-7;/h4-7,11-12,16H,1-3,15H2;1H/t11-,12+;/m1./s1. The van der Waals surface area contributed by atoms with E-state index in [0.717, 1.165) is 22.8 Å². The van der Waals surface area contributed by atoms with Gasteiger partial charge in [-0.25, -0.2) is 4.39 Å². The topological polar surface area (TPSA) is 46.2 Å². The molecule has 0 bridgehead atoms. The number of nitrogens with two attached hydrogens (primary N) is 1. The molecule has 0 aromatic heterocycles. The smallest absolute Gasteiger partial charge is 0.128 e. The Morgan fingerprint density at radius 3 is 2.59 bits per heavy atom. The maximum Gasteiger partial charge on any atom is 0.128 e. The lowest BCUT2D eigenvalue weighted by molar-refractivity contribution is 0.0404. The number of hydrogen-bond donors (Lipinski definition) is 2. The van der Waals surface area contributed by atoms with E-state index >= 15 is 0 Å². The summed E-state index contributed by atoms with van der Waals surface area (Å²) in [7, 11) is 0. The first-order valence-electron chi connectivity index (χ1n) is 5.48. The summed E-state index contributed by atoms with van der Waals surface area (Å²) >= 11 is 2.12. The van der Waals surface area contributed by atoms with E-state index in [9.17, 15) is 9.50 Å². The molecule has 1 aromatic carbocycles. The van der Waals surface area contributed by atoms with Crippen LogP contribution in [0.3, 0.4) is 0 Å². The summed E-state index contributed by atoms with van der Waals surface area (Å²) in [6, 6.07) is 4.20. The molecule has 0 spiro atoms. The van der Waals surface area contributed by atoms with E-state index in [-0.39, 0.29) is 24.1 Å². The zero-order valence-electron chi connectivity index (χ0n) is 9.27. The van der Waals surface area contributed by atoms with Crippen LogP contribution in [0, 0.1) is 15.3 Å². The largest absolute Gasteiger partial charge is 0.391 e. The highest BCUT2D eigenvalue weighted by molar-refractivity contribution is 14.1. The lowest BCUT2D eigenvalue weighted by atomic mass is 9.77. The van der Waals surface area contributed by atoms with Crippen molar-refractivity contribution < 1.29 is 9.50 Å². The van der Waals surface area contributed by atoms with E-state index < -0.39 is 12.1 Å². The fraction of sp³-hybridized carbons (Fsp3) is 0.500. The number of benzene rings is 1. The quantitative estimate of drug-likeness (QED) is 0.802. The molecule has 0 saturated heterocycles. The van der Waals surface area contributed by atoms with Crippen LogP contribution in [0.2, 0.25) is 0 Å². The molecule has 1 fully saturated rings. The van der Waals surface area contributed by atoms with Crippen molar-refractivity contribution in [3.8, 4) is 0 Å². The first-order chi connectivity index (χ1) is 7.59. The third-order valence-electron chi connectivity index (χ3n) is 3.32. The molecule has 0 unspecified atom stereocenters. The van der Waals surface area contributed by atoms with Crippen molar-refractivity contribution in [2.24, 2.45) is 11.7 Å². The number of hydrogen-bond acceptors (Lipinski definition) is 2. The molecule has 0 heterocycles. The Morgan fingerprint density at radius 2 is 2.06 bits per heavy atom. The fourth-order valence-corrected chi connectivity index (χ4v) is 2.54. The normalized spacial score (nSPS) is 19.1. The van der Waals surface area contributed by atoms with Crippen LogP contribution in [0.1, 0.15) is 30.9 Å². The van der Waals surface area contributed by atoms with Gasteiger partial charge in [-0.05, 0) is 59.5 Å². The zero-order chi connectivity index (χ0) is 11.7. The number of halogens is 3. The van der Waals surface area contributed by atoms with Crippen LogP contribution in [-0.4, -0.2) is 11.2 Å². The highest BCUT2D eigenvalue weighted by Gasteiger charge is 2.31. The molecule has 1 aliphatic carbocycles. The summed E-state index contributed by atoms with van der Waals surface area (Å²) in [4.78, 5) is 0. The van der Waals surface area contributed by atoms with Gasteiger partial charge in [0.2, 0.25) is 0 Å². The molecular formula is C12H16ClFINO. The van der Waals surface area contributed by atoms with Crippen LogP contribution in [-0.2, 0) is 0 Å². The highest BCUT2D eigenvalue weighted by Crippen LogP contribution is 2.35. The molecule has 1 aromatic rings. The molecular weight excluding hydrogens is 355 g/mol. The van der Waals surface area contributed by atoms with Crippen LogP contribution in [0.5, 0.6) is 0 Å². The van der Waals surface area contributed by atoms with Gasteiger partial charge in [-0.15, -0.1) is 12.4 Å². The second-order valence-electron chi connectivity index (χ2n) is 4.37. The molecule has 1 saturated carbocycles. The van der Waals surface area contributed by atoms with Crippen molar-refractivity contribution in [3.63, 3.8) is 0 Å². The summed E-state index contributed by atoms with van der Waals surface area (Å²) < 4.78 is 14.5. The van der Waals surface area contributed by atoms with Crippen molar-refractivity contribution in [2.45, 2.75) is 31.4 Å². The van der Waals surface area contributed by atoms with Crippen molar-refractivity contribution in [2.75, 3.05) is 0 Å². The predicted molar refractivity (Wildman–Crippen MR) is 76.6 cm³/mol. The molecule has 5 heteroatoms. The van der Waals surface area contributed by atoms with Crippen molar-refractivity contribution in [1.82, 2.24) is 0 Å². The van der Waals surface area contributed by atoms with Crippen LogP contribution in [0.4, 0.5) is 4.39 Å². The van der Waals surface area contributed by atoms with Crippen LogP contribution >= 0.6 is 35.0 Å². The molecule has 2 atom stereocenters. The Labute approximate surface area is 120 Å². The van der Waals surface area contributed by atoms with Crippen LogP contribution < -0.4 is 5.73 Å². The Kier molecular flexibility index (Phi) is 5.63. The summed E-state index contributed by atoms with van der Waals surface area (Å²) in [5.74, 6) is -0.0847. The van der Waals surface area contributed by atoms with E-state index in [4.69, 9.17) is 5.73 Å². The third-order valence-corrected chi connectivity index (χ3v) is 3.99. The van der Waals surface area contributed by atoms with Gasteiger partial charge in [-0.2, -0.15) is 0 Å². The lowest BCUT2D eigenvalue weighted by Gasteiger charge is -2.33. The predicted octanol–water partition coefficient (Wildman–Crippen LogP) is 3.01.